The van der Waals surface area contributed by atoms with Crippen molar-refractivity contribution >= 4 is 17.3 Å². The molecule has 0 bridgehead atoms. The number of nitro groups is 1. The van der Waals surface area contributed by atoms with Crippen molar-refractivity contribution in [1.82, 2.24) is 0 Å². The van der Waals surface area contributed by atoms with E-state index in [1.165, 1.54) is 12.1 Å². The Hall–Kier alpha value is -2.89. The predicted octanol–water partition coefficient (Wildman–Crippen LogP) is 3.18. The fraction of sp³-hybridized carbons (Fsp3) is 0.188. The topological polar surface area (TPSA) is 81.5 Å². The van der Waals surface area contributed by atoms with Gasteiger partial charge in [0.25, 0.3) is 5.69 Å². The van der Waals surface area contributed by atoms with E-state index >= 15 is 0 Å². The van der Waals surface area contributed by atoms with Crippen molar-refractivity contribution in [3.8, 4) is 0 Å². The van der Waals surface area contributed by atoms with E-state index in [0.29, 0.717) is 6.54 Å². The van der Waals surface area contributed by atoms with Crippen LogP contribution in [0.25, 0.3) is 0 Å². The lowest BCUT2D eigenvalue weighted by Gasteiger charge is -2.11. The van der Waals surface area contributed by atoms with E-state index in [4.69, 9.17) is 4.74 Å². The second-order valence-electron chi connectivity index (χ2n) is 4.43. The lowest BCUT2D eigenvalue weighted by Crippen LogP contribution is -2.12. The Labute approximate surface area is 127 Å². The molecule has 0 unspecified atom stereocenters. The molecular weight excluding hydrogens is 284 g/mol. The van der Waals surface area contributed by atoms with E-state index in [9.17, 15) is 14.9 Å². The Balaban J connectivity index is 2.33. The molecule has 0 saturated heterocycles. The number of anilines is 1. The number of nitrogens with one attached hydrogen (secondary N) is 1. The van der Waals surface area contributed by atoms with Crippen molar-refractivity contribution in [3.63, 3.8) is 0 Å². The summed E-state index contributed by atoms with van der Waals surface area (Å²) >= 11 is 0. The molecule has 0 aliphatic carbocycles. The summed E-state index contributed by atoms with van der Waals surface area (Å²) in [5, 5.41) is 14.1. The molecule has 0 heterocycles. The maximum atomic E-state index is 11.9. The molecular formula is C16H15N2O4. The minimum absolute atomic E-state index is 0.0342. The largest absolute Gasteiger partial charge is 0.462 e. The molecule has 113 valence electrons. The first-order valence-corrected chi connectivity index (χ1v) is 6.77. The molecule has 0 aliphatic rings. The highest BCUT2D eigenvalue weighted by molar-refractivity contribution is 5.97. The Kier molecular flexibility index (Phi) is 5.08. The summed E-state index contributed by atoms with van der Waals surface area (Å²) in [6.07, 6.45) is 0. The van der Waals surface area contributed by atoms with Crippen molar-refractivity contribution in [3.05, 3.63) is 69.8 Å². The van der Waals surface area contributed by atoms with Gasteiger partial charge in [0, 0.05) is 12.6 Å². The van der Waals surface area contributed by atoms with Crippen LogP contribution in [-0.4, -0.2) is 17.5 Å². The Morgan fingerprint density at radius 1 is 1.32 bits per heavy atom. The highest BCUT2D eigenvalue weighted by atomic mass is 16.6. The molecule has 0 aromatic heterocycles. The van der Waals surface area contributed by atoms with Crippen LogP contribution < -0.4 is 5.32 Å². The fourth-order valence-corrected chi connectivity index (χ4v) is 1.97. The standard InChI is InChI=1S/C16H15N2O4/c1-2-22-16(19)13-9-6-10-14(18(20)21)15(13)17-11-12-7-4-3-5-8-12/h3-8,10,17H,2,11H2,1H3. The Morgan fingerprint density at radius 2 is 2.05 bits per heavy atom. The van der Waals surface area contributed by atoms with E-state index in [-0.39, 0.29) is 23.5 Å². The average molecular weight is 299 g/mol. The highest BCUT2D eigenvalue weighted by Gasteiger charge is 2.22. The summed E-state index contributed by atoms with van der Waals surface area (Å²) in [6.45, 7) is 2.21. The van der Waals surface area contributed by atoms with E-state index in [1.54, 1.807) is 6.92 Å². The monoisotopic (exact) mass is 299 g/mol. The molecule has 1 N–H and O–H groups in total. The van der Waals surface area contributed by atoms with Gasteiger partial charge in [-0.05, 0) is 24.6 Å². The normalized spacial score (nSPS) is 10.0. The number of esters is 1. The number of carbonyl (C=O) groups excluding carboxylic acids is 1. The zero-order chi connectivity index (χ0) is 15.9. The van der Waals surface area contributed by atoms with Gasteiger partial charge in [-0.25, -0.2) is 4.79 Å². The van der Waals surface area contributed by atoms with Gasteiger partial charge >= 0.3 is 5.97 Å². The van der Waals surface area contributed by atoms with Crippen LogP contribution in [0.4, 0.5) is 11.4 Å². The number of nitrogens with zero attached hydrogens (tertiary/aromatic N) is 1. The first kappa shape index (κ1) is 15.5. The number of ether oxygens (including phenoxy) is 1. The number of carbonyl (C=O) groups is 1. The molecule has 2 aromatic rings. The average Bonchev–Trinajstić information content (AvgIpc) is 2.53. The van der Waals surface area contributed by atoms with Gasteiger partial charge in [0.2, 0.25) is 0 Å². The third-order valence-corrected chi connectivity index (χ3v) is 2.96. The van der Waals surface area contributed by atoms with Crippen LogP contribution in [0.3, 0.4) is 0 Å². The molecule has 1 radical (unpaired) electrons. The molecule has 2 aromatic carbocycles. The van der Waals surface area contributed by atoms with Crippen molar-refractivity contribution in [1.29, 1.82) is 0 Å². The molecule has 0 spiro atoms. The van der Waals surface area contributed by atoms with Crippen LogP contribution >= 0.6 is 0 Å². The van der Waals surface area contributed by atoms with Gasteiger partial charge in [0.1, 0.15) is 5.69 Å². The predicted molar refractivity (Wildman–Crippen MR) is 81.7 cm³/mol. The fourth-order valence-electron chi connectivity index (χ4n) is 1.97. The van der Waals surface area contributed by atoms with Gasteiger partial charge in [-0.3, -0.25) is 10.1 Å². The van der Waals surface area contributed by atoms with Crippen molar-refractivity contribution in [2.75, 3.05) is 11.9 Å². The summed E-state index contributed by atoms with van der Waals surface area (Å²) in [7, 11) is 0. The van der Waals surface area contributed by atoms with Gasteiger partial charge in [0.05, 0.1) is 17.1 Å². The third-order valence-electron chi connectivity index (χ3n) is 2.96. The summed E-state index contributed by atoms with van der Waals surface area (Å²) in [4.78, 5) is 22.6. The SMILES string of the molecule is CCOC(=O)c1[c]ccc([N+](=O)[O-])c1NCc1ccccc1. The van der Waals surface area contributed by atoms with Gasteiger partial charge in [-0.2, -0.15) is 0 Å². The molecule has 6 nitrogen and oxygen atoms in total. The zero-order valence-electron chi connectivity index (χ0n) is 12.0. The number of hydrogen-bond acceptors (Lipinski definition) is 5. The van der Waals surface area contributed by atoms with E-state index in [2.05, 4.69) is 11.4 Å². The van der Waals surface area contributed by atoms with Crippen LogP contribution in [0.15, 0.2) is 42.5 Å². The first-order chi connectivity index (χ1) is 10.6. The van der Waals surface area contributed by atoms with Gasteiger partial charge in [-0.15, -0.1) is 0 Å². The second kappa shape index (κ2) is 7.21. The van der Waals surface area contributed by atoms with Crippen LogP contribution in [0.2, 0.25) is 0 Å². The molecule has 0 atom stereocenters. The smallest absolute Gasteiger partial charge is 0.341 e. The molecule has 6 heteroatoms. The molecule has 0 saturated carbocycles. The van der Waals surface area contributed by atoms with Crippen LogP contribution in [0, 0.1) is 16.2 Å². The number of rotatable bonds is 6. The van der Waals surface area contributed by atoms with E-state index in [1.807, 2.05) is 30.3 Å². The molecule has 0 amide bonds. The number of hydrogen-bond donors (Lipinski definition) is 1. The molecule has 0 fully saturated rings. The molecule has 0 aliphatic heterocycles. The number of benzene rings is 2. The van der Waals surface area contributed by atoms with Crippen LogP contribution in [-0.2, 0) is 11.3 Å². The summed E-state index contributed by atoms with van der Waals surface area (Å²) in [5.41, 5.74) is 0.912. The second-order valence-corrected chi connectivity index (χ2v) is 4.43. The minimum atomic E-state index is -0.637. The van der Waals surface area contributed by atoms with Gasteiger partial charge < -0.3 is 10.1 Å². The van der Waals surface area contributed by atoms with Crippen LogP contribution in [0.1, 0.15) is 22.8 Å². The summed E-state index contributed by atoms with van der Waals surface area (Å²) < 4.78 is 4.92. The van der Waals surface area contributed by atoms with Crippen molar-refractivity contribution in [2.24, 2.45) is 0 Å². The zero-order valence-corrected chi connectivity index (χ0v) is 12.0. The quantitative estimate of drug-likeness (QED) is 0.503. The maximum Gasteiger partial charge on any atom is 0.341 e. The number of nitro benzene ring substituents is 1. The Morgan fingerprint density at radius 3 is 2.68 bits per heavy atom. The van der Waals surface area contributed by atoms with Crippen molar-refractivity contribution < 1.29 is 14.5 Å². The maximum absolute atomic E-state index is 11.9. The lowest BCUT2D eigenvalue weighted by molar-refractivity contribution is -0.384. The van der Waals surface area contributed by atoms with Gasteiger partial charge in [0.15, 0.2) is 0 Å². The van der Waals surface area contributed by atoms with Gasteiger partial charge in [-0.1, -0.05) is 30.3 Å². The van der Waals surface area contributed by atoms with Crippen LogP contribution in [0.5, 0.6) is 0 Å². The van der Waals surface area contributed by atoms with Crippen molar-refractivity contribution in [2.45, 2.75) is 13.5 Å². The van der Waals surface area contributed by atoms with E-state index < -0.39 is 10.9 Å². The highest BCUT2D eigenvalue weighted by Crippen LogP contribution is 2.29. The van der Waals surface area contributed by atoms with E-state index in [0.717, 1.165) is 5.56 Å². The first-order valence-electron chi connectivity index (χ1n) is 6.77. The summed E-state index contributed by atoms with van der Waals surface area (Å²) in [6, 6.07) is 14.7. The lowest BCUT2D eigenvalue weighted by atomic mass is 10.1. The summed E-state index contributed by atoms with van der Waals surface area (Å²) in [5.74, 6) is -0.637. The Bertz CT molecular complexity index is 671. The third kappa shape index (κ3) is 3.60. The molecule has 22 heavy (non-hydrogen) atoms. The minimum Gasteiger partial charge on any atom is -0.462 e. The molecule has 2 rings (SSSR count).